The Bertz CT molecular complexity index is 487. The minimum Gasteiger partial charge on any atom is -0.395 e. The van der Waals surface area contributed by atoms with Gasteiger partial charge >= 0.3 is 0 Å². The number of aliphatic hydroxyl groups excluding tert-OH is 1. The van der Waals surface area contributed by atoms with Crippen LogP contribution in [0.25, 0.3) is 0 Å². The van der Waals surface area contributed by atoms with Gasteiger partial charge in [0, 0.05) is 6.04 Å². The van der Waals surface area contributed by atoms with Crippen molar-refractivity contribution < 1.29 is 13.5 Å². The first-order valence-corrected chi connectivity index (χ1v) is 9.42. The first-order chi connectivity index (χ1) is 8.94. The molecule has 1 aromatic rings. The van der Waals surface area contributed by atoms with Crippen LogP contribution in [0.5, 0.6) is 0 Å². The molecule has 0 saturated carbocycles. The molecule has 0 spiro atoms. The molecule has 0 unspecified atom stereocenters. The van der Waals surface area contributed by atoms with Gasteiger partial charge in [-0.3, -0.25) is 0 Å². The van der Waals surface area contributed by atoms with E-state index in [0.29, 0.717) is 0 Å². The van der Waals surface area contributed by atoms with Gasteiger partial charge in [0.2, 0.25) is 10.0 Å². The number of nitrogens with one attached hydrogen (secondary N) is 1. The molecule has 7 heteroatoms. The third kappa shape index (κ3) is 4.82. The lowest BCUT2D eigenvalue weighted by Crippen LogP contribution is -2.42. The molecule has 0 aliphatic rings. The summed E-state index contributed by atoms with van der Waals surface area (Å²) >= 11 is 4.42. The van der Waals surface area contributed by atoms with E-state index in [1.165, 1.54) is 0 Å². The molecule has 19 heavy (non-hydrogen) atoms. The molecular formula is C12H20BrNO3S2. The predicted octanol–water partition coefficient (Wildman–Crippen LogP) is 2.98. The summed E-state index contributed by atoms with van der Waals surface area (Å²) in [5.74, 6) is 0.160. The molecule has 0 amide bonds. The van der Waals surface area contributed by atoms with Gasteiger partial charge in [-0.25, -0.2) is 13.1 Å². The average Bonchev–Trinajstić information content (AvgIpc) is 2.81. The summed E-state index contributed by atoms with van der Waals surface area (Å²) in [5.41, 5.74) is 0. The van der Waals surface area contributed by atoms with E-state index in [1.54, 1.807) is 12.1 Å². The largest absolute Gasteiger partial charge is 0.395 e. The maximum Gasteiger partial charge on any atom is 0.250 e. The molecule has 2 N–H and O–H groups in total. The van der Waals surface area contributed by atoms with Gasteiger partial charge in [0.1, 0.15) is 4.21 Å². The van der Waals surface area contributed by atoms with Crippen LogP contribution in [0.2, 0.25) is 0 Å². The van der Waals surface area contributed by atoms with Gasteiger partial charge in [-0.05, 0) is 40.4 Å². The molecule has 1 rings (SSSR count). The fourth-order valence-electron chi connectivity index (χ4n) is 2.04. The highest BCUT2D eigenvalue weighted by Crippen LogP contribution is 2.27. The van der Waals surface area contributed by atoms with Crippen molar-refractivity contribution in [3.05, 3.63) is 15.9 Å². The van der Waals surface area contributed by atoms with E-state index < -0.39 is 16.1 Å². The summed E-state index contributed by atoms with van der Waals surface area (Å²) < 4.78 is 28.1. The Labute approximate surface area is 127 Å². The quantitative estimate of drug-likeness (QED) is 0.739. The van der Waals surface area contributed by atoms with E-state index in [4.69, 9.17) is 0 Å². The van der Waals surface area contributed by atoms with Crippen molar-refractivity contribution in [2.75, 3.05) is 6.61 Å². The molecule has 0 aliphatic heterocycles. The van der Waals surface area contributed by atoms with Crippen molar-refractivity contribution in [3.63, 3.8) is 0 Å². The molecule has 2 atom stereocenters. The molecular weight excluding hydrogens is 350 g/mol. The second-order valence-corrected chi connectivity index (χ2v) is 8.83. The van der Waals surface area contributed by atoms with Crippen molar-refractivity contribution in [1.82, 2.24) is 4.72 Å². The normalized spacial score (nSPS) is 15.4. The second kappa shape index (κ2) is 7.73. The van der Waals surface area contributed by atoms with Crippen LogP contribution < -0.4 is 4.72 Å². The van der Waals surface area contributed by atoms with Gasteiger partial charge in [0.15, 0.2) is 0 Å². The minimum atomic E-state index is -3.55. The number of aliphatic hydroxyl groups is 1. The standard InChI is InChI=1S/C12H20BrNO3S2/c1-3-5-9(4-2)10(8-15)14-19(16,17)12-7-6-11(13)18-12/h6-7,9-10,14-15H,3-5,8H2,1-2H3/t9-,10-/m0/s1. The van der Waals surface area contributed by atoms with Gasteiger partial charge in [0.05, 0.1) is 10.4 Å². The second-order valence-electron chi connectivity index (χ2n) is 4.43. The molecule has 1 aromatic heterocycles. The predicted molar refractivity (Wildman–Crippen MR) is 81.9 cm³/mol. The molecule has 0 saturated heterocycles. The fraction of sp³-hybridized carbons (Fsp3) is 0.667. The van der Waals surface area contributed by atoms with Crippen molar-refractivity contribution in [1.29, 1.82) is 0 Å². The summed E-state index contributed by atoms with van der Waals surface area (Å²) in [7, 11) is -3.55. The minimum absolute atomic E-state index is 0.160. The van der Waals surface area contributed by atoms with Gasteiger partial charge in [-0.2, -0.15) is 0 Å². The summed E-state index contributed by atoms with van der Waals surface area (Å²) in [6.07, 6.45) is 2.72. The van der Waals surface area contributed by atoms with Crippen LogP contribution in [0, 0.1) is 5.92 Å². The zero-order valence-corrected chi connectivity index (χ0v) is 14.3. The fourth-order valence-corrected chi connectivity index (χ4v) is 5.37. The number of sulfonamides is 1. The summed E-state index contributed by atoms with van der Waals surface area (Å²) in [6.45, 7) is 3.89. The highest BCUT2D eigenvalue weighted by atomic mass is 79.9. The van der Waals surface area contributed by atoms with Gasteiger partial charge < -0.3 is 5.11 Å². The Balaban J connectivity index is 2.85. The Morgan fingerprint density at radius 1 is 1.42 bits per heavy atom. The van der Waals surface area contributed by atoms with E-state index in [2.05, 4.69) is 27.6 Å². The Morgan fingerprint density at radius 3 is 2.53 bits per heavy atom. The highest BCUT2D eigenvalue weighted by molar-refractivity contribution is 9.11. The Hall–Kier alpha value is 0.0500. The first kappa shape index (κ1) is 17.1. The summed E-state index contributed by atoms with van der Waals surface area (Å²) in [5, 5.41) is 9.44. The van der Waals surface area contributed by atoms with E-state index in [9.17, 15) is 13.5 Å². The zero-order chi connectivity index (χ0) is 14.5. The van der Waals surface area contributed by atoms with Crippen LogP contribution >= 0.6 is 27.3 Å². The van der Waals surface area contributed by atoms with Crippen LogP contribution in [0.1, 0.15) is 33.1 Å². The monoisotopic (exact) mass is 369 g/mol. The molecule has 110 valence electrons. The SMILES string of the molecule is CCC[C@H](CC)[C@H](CO)NS(=O)(=O)c1ccc(Br)s1. The summed E-state index contributed by atoms with van der Waals surface area (Å²) in [6, 6.07) is 2.85. The van der Waals surface area contributed by atoms with Gasteiger partial charge in [-0.1, -0.05) is 26.7 Å². The smallest absolute Gasteiger partial charge is 0.250 e. The maximum atomic E-state index is 12.2. The van der Waals surface area contributed by atoms with Crippen molar-refractivity contribution in [2.45, 2.75) is 43.4 Å². The lowest BCUT2D eigenvalue weighted by molar-refractivity contribution is 0.205. The number of hydrogen-bond acceptors (Lipinski definition) is 4. The molecule has 4 nitrogen and oxygen atoms in total. The molecule has 1 heterocycles. The van der Waals surface area contributed by atoms with Crippen molar-refractivity contribution >= 4 is 37.3 Å². The number of halogens is 1. The molecule has 0 aliphatic carbocycles. The number of rotatable bonds is 8. The third-order valence-corrected chi connectivity index (χ3v) is 6.67. The van der Waals surface area contributed by atoms with Crippen LogP contribution in [-0.4, -0.2) is 26.2 Å². The van der Waals surface area contributed by atoms with Gasteiger partial charge in [-0.15, -0.1) is 11.3 Å². The summed E-state index contributed by atoms with van der Waals surface area (Å²) in [4.78, 5) is 0. The van der Waals surface area contributed by atoms with Crippen LogP contribution in [-0.2, 0) is 10.0 Å². The van der Waals surface area contributed by atoms with E-state index in [0.717, 1.165) is 34.4 Å². The van der Waals surface area contributed by atoms with E-state index >= 15 is 0 Å². The van der Waals surface area contributed by atoms with E-state index in [-0.39, 0.29) is 16.7 Å². The third-order valence-electron chi connectivity index (χ3n) is 3.07. The van der Waals surface area contributed by atoms with Crippen LogP contribution in [0.4, 0.5) is 0 Å². The molecule has 0 aromatic carbocycles. The lowest BCUT2D eigenvalue weighted by atomic mass is 9.93. The first-order valence-electron chi connectivity index (χ1n) is 6.33. The van der Waals surface area contributed by atoms with E-state index in [1.807, 2.05) is 6.92 Å². The maximum absolute atomic E-state index is 12.2. The highest BCUT2D eigenvalue weighted by Gasteiger charge is 2.26. The van der Waals surface area contributed by atoms with Crippen LogP contribution in [0.3, 0.4) is 0 Å². The van der Waals surface area contributed by atoms with Gasteiger partial charge in [0.25, 0.3) is 0 Å². The van der Waals surface area contributed by atoms with Crippen molar-refractivity contribution in [2.24, 2.45) is 5.92 Å². The average molecular weight is 370 g/mol. The molecule has 0 bridgehead atoms. The lowest BCUT2D eigenvalue weighted by Gasteiger charge is -2.24. The molecule has 0 radical (unpaired) electrons. The Morgan fingerprint density at radius 2 is 2.11 bits per heavy atom. The number of thiophene rings is 1. The molecule has 0 fully saturated rings. The zero-order valence-electron chi connectivity index (χ0n) is 11.1. The van der Waals surface area contributed by atoms with Crippen LogP contribution in [0.15, 0.2) is 20.1 Å². The Kier molecular flexibility index (Phi) is 6.96. The topological polar surface area (TPSA) is 66.4 Å². The van der Waals surface area contributed by atoms with Crippen molar-refractivity contribution in [3.8, 4) is 0 Å². The number of hydrogen-bond donors (Lipinski definition) is 2.